The molecule has 0 fully saturated rings. The number of ether oxygens (including phenoxy) is 3. The zero-order valence-electron chi connectivity index (χ0n) is 22.4. The SMILES string of the molecule is CCCC(C(=O)NC(C)(C)C)N(CCOCCOCCN)C(=O)c1ccc(CCOC)c(NC=O)c1. The van der Waals surface area contributed by atoms with Crippen molar-refractivity contribution in [3.05, 3.63) is 29.3 Å². The number of benzene rings is 1. The third kappa shape index (κ3) is 11.5. The molecule has 0 aliphatic heterocycles. The smallest absolute Gasteiger partial charge is 0.254 e. The lowest BCUT2D eigenvalue weighted by Crippen LogP contribution is -2.54. The van der Waals surface area contributed by atoms with Gasteiger partial charge in [-0.15, -0.1) is 0 Å². The Morgan fingerprint density at radius 2 is 1.81 bits per heavy atom. The minimum absolute atomic E-state index is 0.216. The molecule has 0 aliphatic rings. The predicted octanol–water partition coefficient (Wildman–Crippen LogP) is 1.96. The van der Waals surface area contributed by atoms with Crippen molar-refractivity contribution in [2.75, 3.05) is 58.6 Å². The fourth-order valence-corrected chi connectivity index (χ4v) is 3.63. The molecule has 0 radical (unpaired) electrons. The number of nitrogens with two attached hydrogens (primary N) is 1. The normalized spacial score (nSPS) is 12.2. The van der Waals surface area contributed by atoms with Crippen LogP contribution >= 0.6 is 0 Å². The van der Waals surface area contributed by atoms with Gasteiger partial charge in [-0.3, -0.25) is 14.4 Å². The highest BCUT2D eigenvalue weighted by Crippen LogP contribution is 2.21. The Labute approximate surface area is 215 Å². The van der Waals surface area contributed by atoms with E-state index in [1.165, 1.54) is 0 Å². The number of hydrogen-bond acceptors (Lipinski definition) is 7. The van der Waals surface area contributed by atoms with Gasteiger partial charge in [0.25, 0.3) is 5.91 Å². The van der Waals surface area contributed by atoms with E-state index in [1.54, 1.807) is 30.2 Å². The molecule has 0 saturated carbocycles. The number of amides is 3. The van der Waals surface area contributed by atoms with E-state index in [1.807, 2.05) is 27.7 Å². The Morgan fingerprint density at radius 1 is 1.11 bits per heavy atom. The van der Waals surface area contributed by atoms with Crippen LogP contribution in [-0.2, 0) is 30.2 Å². The third-order valence-electron chi connectivity index (χ3n) is 5.26. The topological polar surface area (TPSA) is 132 Å². The Hall–Kier alpha value is -2.53. The van der Waals surface area contributed by atoms with E-state index in [2.05, 4.69) is 10.6 Å². The van der Waals surface area contributed by atoms with Crippen LogP contribution in [0.5, 0.6) is 0 Å². The third-order valence-corrected chi connectivity index (χ3v) is 5.26. The van der Waals surface area contributed by atoms with E-state index < -0.39 is 11.6 Å². The van der Waals surface area contributed by atoms with E-state index in [-0.39, 0.29) is 25.0 Å². The lowest BCUT2D eigenvalue weighted by atomic mass is 10.0. The maximum atomic E-state index is 13.7. The van der Waals surface area contributed by atoms with Crippen LogP contribution in [0.15, 0.2) is 18.2 Å². The first kappa shape index (κ1) is 31.5. The van der Waals surface area contributed by atoms with Gasteiger partial charge in [0.1, 0.15) is 6.04 Å². The fourth-order valence-electron chi connectivity index (χ4n) is 3.63. The van der Waals surface area contributed by atoms with E-state index in [0.717, 1.165) is 5.56 Å². The number of nitrogens with one attached hydrogen (secondary N) is 2. The summed E-state index contributed by atoms with van der Waals surface area (Å²) >= 11 is 0. The van der Waals surface area contributed by atoms with Gasteiger partial charge in [0.05, 0.1) is 33.0 Å². The van der Waals surface area contributed by atoms with Crippen LogP contribution < -0.4 is 16.4 Å². The Balaban J connectivity index is 3.19. The van der Waals surface area contributed by atoms with Gasteiger partial charge in [0.15, 0.2) is 0 Å². The van der Waals surface area contributed by atoms with Crippen molar-refractivity contribution < 1.29 is 28.6 Å². The zero-order valence-corrected chi connectivity index (χ0v) is 22.4. The molecule has 0 saturated heterocycles. The van der Waals surface area contributed by atoms with Gasteiger partial charge < -0.3 is 35.5 Å². The van der Waals surface area contributed by atoms with Crippen LogP contribution in [-0.4, -0.2) is 87.9 Å². The number of methoxy groups -OCH3 is 1. The molecule has 204 valence electrons. The molecular formula is C26H44N4O6. The molecular weight excluding hydrogens is 464 g/mol. The summed E-state index contributed by atoms with van der Waals surface area (Å²) in [7, 11) is 1.60. The molecule has 1 aromatic carbocycles. The van der Waals surface area contributed by atoms with Crippen molar-refractivity contribution in [2.24, 2.45) is 5.73 Å². The van der Waals surface area contributed by atoms with Crippen LogP contribution in [0.4, 0.5) is 5.69 Å². The molecule has 3 amide bonds. The van der Waals surface area contributed by atoms with Gasteiger partial charge in [-0.1, -0.05) is 19.4 Å². The molecule has 10 nitrogen and oxygen atoms in total. The maximum Gasteiger partial charge on any atom is 0.254 e. The molecule has 1 unspecified atom stereocenters. The van der Waals surface area contributed by atoms with E-state index in [0.29, 0.717) is 69.9 Å². The molecule has 4 N–H and O–H groups in total. The molecule has 1 atom stereocenters. The van der Waals surface area contributed by atoms with Crippen molar-refractivity contribution >= 4 is 23.9 Å². The summed E-state index contributed by atoms with van der Waals surface area (Å²) in [5.74, 6) is -0.528. The van der Waals surface area contributed by atoms with Crippen LogP contribution in [0.25, 0.3) is 0 Å². The summed E-state index contributed by atoms with van der Waals surface area (Å²) < 4.78 is 16.1. The summed E-state index contributed by atoms with van der Waals surface area (Å²) in [5, 5.41) is 5.67. The van der Waals surface area contributed by atoms with Gasteiger partial charge in [0, 0.05) is 37.0 Å². The fraction of sp³-hybridized carbons (Fsp3) is 0.654. The average molecular weight is 509 g/mol. The summed E-state index contributed by atoms with van der Waals surface area (Å²) in [6.45, 7) is 10.3. The van der Waals surface area contributed by atoms with Crippen molar-refractivity contribution in [1.29, 1.82) is 0 Å². The highest BCUT2D eigenvalue weighted by molar-refractivity contribution is 5.99. The van der Waals surface area contributed by atoms with Gasteiger partial charge in [-0.05, 0) is 51.3 Å². The van der Waals surface area contributed by atoms with Crippen molar-refractivity contribution in [2.45, 2.75) is 58.5 Å². The van der Waals surface area contributed by atoms with Gasteiger partial charge >= 0.3 is 0 Å². The summed E-state index contributed by atoms with van der Waals surface area (Å²) in [6, 6.07) is 4.48. The summed E-state index contributed by atoms with van der Waals surface area (Å²) in [6.07, 6.45) is 2.37. The van der Waals surface area contributed by atoms with Crippen LogP contribution in [0, 0.1) is 0 Å². The van der Waals surface area contributed by atoms with Crippen LogP contribution in [0.1, 0.15) is 56.5 Å². The Morgan fingerprint density at radius 3 is 2.39 bits per heavy atom. The van der Waals surface area contributed by atoms with E-state index >= 15 is 0 Å². The molecule has 0 aliphatic carbocycles. The number of carbonyl (C=O) groups excluding carboxylic acids is 3. The van der Waals surface area contributed by atoms with Gasteiger partial charge in [0.2, 0.25) is 12.3 Å². The molecule has 0 spiro atoms. The molecule has 0 bridgehead atoms. The predicted molar refractivity (Wildman–Crippen MR) is 140 cm³/mol. The first-order chi connectivity index (χ1) is 17.2. The van der Waals surface area contributed by atoms with Crippen molar-refractivity contribution in [3.63, 3.8) is 0 Å². The molecule has 36 heavy (non-hydrogen) atoms. The van der Waals surface area contributed by atoms with Crippen molar-refractivity contribution in [3.8, 4) is 0 Å². The number of anilines is 1. The van der Waals surface area contributed by atoms with Gasteiger partial charge in [-0.2, -0.15) is 0 Å². The molecule has 10 heteroatoms. The first-order valence-electron chi connectivity index (χ1n) is 12.5. The molecule has 0 aromatic heterocycles. The van der Waals surface area contributed by atoms with E-state index in [9.17, 15) is 14.4 Å². The minimum Gasteiger partial charge on any atom is -0.384 e. The number of hydrogen-bond donors (Lipinski definition) is 3. The average Bonchev–Trinajstić information content (AvgIpc) is 2.82. The quantitative estimate of drug-likeness (QED) is 0.204. The lowest BCUT2D eigenvalue weighted by Gasteiger charge is -2.33. The number of rotatable bonds is 18. The van der Waals surface area contributed by atoms with Crippen molar-refractivity contribution in [1.82, 2.24) is 10.2 Å². The van der Waals surface area contributed by atoms with Gasteiger partial charge in [-0.25, -0.2) is 0 Å². The van der Waals surface area contributed by atoms with E-state index in [4.69, 9.17) is 19.9 Å². The Kier molecular flexibility index (Phi) is 14.9. The second-order valence-electron chi connectivity index (χ2n) is 9.43. The van der Waals surface area contributed by atoms with Crippen LogP contribution in [0.2, 0.25) is 0 Å². The largest absolute Gasteiger partial charge is 0.384 e. The summed E-state index contributed by atoms with van der Waals surface area (Å²) in [5.41, 5.74) is 6.73. The number of carbonyl (C=O) groups is 3. The standard InChI is InChI=1S/C26H44N4O6/c1-6-7-23(24(32)29-26(2,3)4)30(12-15-36-17-16-35-14-11-27)25(33)21-9-8-20(10-13-34-5)22(18-21)28-19-31/h8-9,18-19,23H,6-7,10-17,27H2,1-5H3,(H,28,31)(H,29,32). The first-order valence-corrected chi connectivity index (χ1v) is 12.5. The minimum atomic E-state index is -0.672. The summed E-state index contributed by atoms with van der Waals surface area (Å²) in [4.78, 5) is 39.7. The van der Waals surface area contributed by atoms with Crippen LogP contribution in [0.3, 0.4) is 0 Å². The highest BCUT2D eigenvalue weighted by atomic mass is 16.5. The molecule has 1 rings (SSSR count). The monoisotopic (exact) mass is 508 g/mol. The zero-order chi connectivity index (χ0) is 27.0. The maximum absolute atomic E-state index is 13.7. The lowest BCUT2D eigenvalue weighted by molar-refractivity contribution is -0.127. The highest BCUT2D eigenvalue weighted by Gasteiger charge is 2.31. The molecule has 0 heterocycles. The second-order valence-corrected chi connectivity index (χ2v) is 9.43. The Bertz CT molecular complexity index is 812. The molecule has 1 aromatic rings. The number of nitrogens with zero attached hydrogens (tertiary/aromatic N) is 1. The second kappa shape index (κ2) is 17.0.